The number of rotatable bonds is 5. The van der Waals surface area contributed by atoms with Crippen LogP contribution in [0.5, 0.6) is 11.5 Å². The van der Waals surface area contributed by atoms with Crippen LogP contribution < -0.4 is 9.47 Å². The van der Waals surface area contributed by atoms with Crippen molar-refractivity contribution in [3.05, 3.63) is 59.7 Å². The van der Waals surface area contributed by atoms with E-state index >= 15 is 0 Å². The van der Waals surface area contributed by atoms with Crippen LogP contribution in [0.15, 0.2) is 48.5 Å². The highest BCUT2D eigenvalue weighted by atomic mass is 16.7. The van der Waals surface area contributed by atoms with Gasteiger partial charge in [-0.1, -0.05) is 36.4 Å². The zero-order chi connectivity index (χ0) is 19.7. The molecule has 2 aromatic rings. The van der Waals surface area contributed by atoms with Crippen molar-refractivity contribution in [2.24, 2.45) is 0 Å². The van der Waals surface area contributed by atoms with Crippen molar-refractivity contribution in [1.29, 1.82) is 0 Å². The molecule has 5 nitrogen and oxygen atoms in total. The first-order chi connectivity index (χ1) is 14.2. The van der Waals surface area contributed by atoms with Gasteiger partial charge in [0, 0.05) is 32.2 Å². The van der Waals surface area contributed by atoms with E-state index in [0.29, 0.717) is 12.8 Å². The van der Waals surface area contributed by atoms with Crippen LogP contribution in [0.2, 0.25) is 0 Å². The van der Waals surface area contributed by atoms with Gasteiger partial charge in [0.15, 0.2) is 11.5 Å². The van der Waals surface area contributed by atoms with Crippen molar-refractivity contribution in [3.8, 4) is 11.5 Å². The molecule has 0 aromatic heterocycles. The molecule has 0 saturated carbocycles. The SMILES string of the molecule is CN(Cc1ccccc1)C1COC2(CCN(Cc3ccc4c(c3)OCO4)CC2)C1. The van der Waals surface area contributed by atoms with Crippen LogP contribution in [-0.2, 0) is 17.8 Å². The smallest absolute Gasteiger partial charge is 0.231 e. The third kappa shape index (κ3) is 4.13. The number of hydrogen-bond acceptors (Lipinski definition) is 5. The highest BCUT2D eigenvalue weighted by molar-refractivity contribution is 5.44. The summed E-state index contributed by atoms with van der Waals surface area (Å²) in [7, 11) is 2.23. The van der Waals surface area contributed by atoms with E-state index in [9.17, 15) is 0 Å². The maximum Gasteiger partial charge on any atom is 0.231 e. The number of piperidine rings is 1. The number of ether oxygens (including phenoxy) is 3. The molecule has 1 atom stereocenters. The predicted molar refractivity (Wildman–Crippen MR) is 112 cm³/mol. The first-order valence-electron chi connectivity index (χ1n) is 10.7. The molecule has 0 N–H and O–H groups in total. The Balaban J connectivity index is 1.13. The minimum absolute atomic E-state index is 0.0704. The van der Waals surface area contributed by atoms with Gasteiger partial charge in [-0.05, 0) is 49.6 Å². The number of nitrogens with zero attached hydrogens (tertiary/aromatic N) is 2. The van der Waals surface area contributed by atoms with Crippen LogP contribution in [0.25, 0.3) is 0 Å². The molecule has 1 spiro atoms. The van der Waals surface area contributed by atoms with Gasteiger partial charge in [-0.25, -0.2) is 0 Å². The summed E-state index contributed by atoms with van der Waals surface area (Å²) in [6.07, 6.45) is 3.38. The standard InChI is InChI=1S/C24H30N2O3/c1-25(15-19-5-3-2-4-6-19)21-14-24(29-17-21)9-11-26(12-10-24)16-20-7-8-22-23(13-20)28-18-27-22/h2-8,13,21H,9-12,14-18H2,1H3. The van der Waals surface area contributed by atoms with E-state index in [1.54, 1.807) is 0 Å². The third-order valence-electron chi connectivity index (χ3n) is 6.70. The van der Waals surface area contributed by atoms with E-state index in [1.807, 2.05) is 6.07 Å². The summed E-state index contributed by atoms with van der Waals surface area (Å²) in [6, 6.07) is 17.5. The number of benzene rings is 2. The van der Waals surface area contributed by atoms with Crippen molar-refractivity contribution in [2.45, 2.75) is 44.0 Å². The second kappa shape index (κ2) is 7.98. The van der Waals surface area contributed by atoms with Gasteiger partial charge in [-0.2, -0.15) is 0 Å². The van der Waals surface area contributed by atoms with Gasteiger partial charge in [0.25, 0.3) is 0 Å². The quantitative estimate of drug-likeness (QED) is 0.773. The summed E-state index contributed by atoms with van der Waals surface area (Å²) in [6.45, 7) is 5.31. The minimum Gasteiger partial charge on any atom is -0.454 e. The number of likely N-dealkylation sites (tertiary alicyclic amines) is 1. The Bertz CT molecular complexity index is 833. The predicted octanol–water partition coefficient (Wildman–Crippen LogP) is 3.67. The average Bonchev–Trinajstić information content (AvgIpc) is 3.38. The van der Waals surface area contributed by atoms with Crippen molar-refractivity contribution >= 4 is 0 Å². The molecule has 154 valence electrons. The molecule has 1 unspecified atom stereocenters. The highest BCUT2D eigenvalue weighted by Crippen LogP contribution is 2.38. The fourth-order valence-electron chi connectivity index (χ4n) is 4.87. The van der Waals surface area contributed by atoms with E-state index < -0.39 is 0 Å². The second-order valence-electron chi connectivity index (χ2n) is 8.72. The first kappa shape index (κ1) is 18.9. The summed E-state index contributed by atoms with van der Waals surface area (Å²) >= 11 is 0. The molecule has 5 rings (SSSR count). The molecule has 29 heavy (non-hydrogen) atoms. The summed E-state index contributed by atoms with van der Waals surface area (Å²) in [5, 5.41) is 0. The molecule has 2 saturated heterocycles. The van der Waals surface area contributed by atoms with Crippen molar-refractivity contribution in [1.82, 2.24) is 9.80 Å². The molecule has 5 heteroatoms. The lowest BCUT2D eigenvalue weighted by atomic mass is 9.87. The monoisotopic (exact) mass is 394 g/mol. The van der Waals surface area contributed by atoms with Gasteiger partial charge in [0.2, 0.25) is 6.79 Å². The lowest BCUT2D eigenvalue weighted by Gasteiger charge is -2.39. The van der Waals surface area contributed by atoms with E-state index in [2.05, 4.69) is 59.3 Å². The Morgan fingerprint density at radius 2 is 1.79 bits per heavy atom. The van der Waals surface area contributed by atoms with Gasteiger partial charge < -0.3 is 14.2 Å². The molecule has 3 heterocycles. The van der Waals surface area contributed by atoms with E-state index in [4.69, 9.17) is 14.2 Å². The molecular weight excluding hydrogens is 364 g/mol. The Morgan fingerprint density at radius 1 is 1.00 bits per heavy atom. The van der Waals surface area contributed by atoms with E-state index in [1.165, 1.54) is 11.1 Å². The fourth-order valence-corrected chi connectivity index (χ4v) is 4.87. The average molecular weight is 395 g/mol. The van der Waals surface area contributed by atoms with Crippen molar-refractivity contribution in [2.75, 3.05) is 33.5 Å². The van der Waals surface area contributed by atoms with Crippen molar-refractivity contribution in [3.63, 3.8) is 0 Å². The fraction of sp³-hybridized carbons (Fsp3) is 0.500. The van der Waals surface area contributed by atoms with Crippen LogP contribution in [-0.4, -0.2) is 55.0 Å². The van der Waals surface area contributed by atoms with E-state index in [0.717, 1.165) is 63.5 Å². The molecular formula is C24H30N2O3. The van der Waals surface area contributed by atoms with Gasteiger partial charge in [0.05, 0.1) is 12.2 Å². The maximum absolute atomic E-state index is 6.41. The number of fused-ring (bicyclic) bond motifs is 1. The number of likely N-dealkylation sites (N-methyl/N-ethyl adjacent to an activating group) is 1. The molecule has 0 amide bonds. The Hall–Kier alpha value is -2.08. The summed E-state index contributed by atoms with van der Waals surface area (Å²) in [5.74, 6) is 1.73. The Labute approximate surface area is 173 Å². The van der Waals surface area contributed by atoms with Crippen LogP contribution in [0.3, 0.4) is 0 Å². The van der Waals surface area contributed by atoms with Crippen LogP contribution in [0, 0.1) is 0 Å². The summed E-state index contributed by atoms with van der Waals surface area (Å²) < 4.78 is 17.3. The zero-order valence-corrected chi connectivity index (χ0v) is 17.2. The summed E-state index contributed by atoms with van der Waals surface area (Å²) in [4.78, 5) is 5.00. The zero-order valence-electron chi connectivity index (χ0n) is 17.2. The topological polar surface area (TPSA) is 34.2 Å². The minimum atomic E-state index is 0.0704. The molecule has 0 bridgehead atoms. The maximum atomic E-state index is 6.41. The lowest BCUT2D eigenvalue weighted by molar-refractivity contribution is -0.0452. The van der Waals surface area contributed by atoms with Crippen LogP contribution in [0.1, 0.15) is 30.4 Å². The van der Waals surface area contributed by atoms with E-state index in [-0.39, 0.29) is 5.60 Å². The Morgan fingerprint density at radius 3 is 2.62 bits per heavy atom. The normalized spacial score (nSPS) is 23.2. The highest BCUT2D eigenvalue weighted by Gasteiger charge is 2.43. The van der Waals surface area contributed by atoms with Crippen molar-refractivity contribution < 1.29 is 14.2 Å². The van der Waals surface area contributed by atoms with Crippen LogP contribution >= 0.6 is 0 Å². The number of hydrogen-bond donors (Lipinski definition) is 0. The summed E-state index contributed by atoms with van der Waals surface area (Å²) in [5.41, 5.74) is 2.73. The largest absolute Gasteiger partial charge is 0.454 e. The lowest BCUT2D eigenvalue weighted by Crippen LogP contribution is -2.44. The molecule has 2 aromatic carbocycles. The van der Waals surface area contributed by atoms with Gasteiger partial charge in [0.1, 0.15) is 0 Å². The van der Waals surface area contributed by atoms with Gasteiger partial charge in [-0.3, -0.25) is 9.80 Å². The first-order valence-corrected chi connectivity index (χ1v) is 10.7. The third-order valence-corrected chi connectivity index (χ3v) is 6.70. The Kier molecular flexibility index (Phi) is 5.20. The molecule has 2 fully saturated rings. The molecule has 3 aliphatic heterocycles. The van der Waals surface area contributed by atoms with Gasteiger partial charge in [-0.15, -0.1) is 0 Å². The molecule has 3 aliphatic rings. The molecule has 0 radical (unpaired) electrons. The van der Waals surface area contributed by atoms with Gasteiger partial charge >= 0.3 is 0 Å². The van der Waals surface area contributed by atoms with Crippen LogP contribution in [0.4, 0.5) is 0 Å². The second-order valence-corrected chi connectivity index (χ2v) is 8.72. The molecule has 0 aliphatic carbocycles.